The number of hydrogen-bond donors (Lipinski definition) is 2. The molecule has 6 heteroatoms. The number of amides is 1. The standard InChI is InChI=1S/C13H12ClFN2OS/c1-8(18)17-10-2-3-12(15)13(5-10)16-6-11-4-9(14)7-19-11/h2-5,7,16H,6H2,1H3,(H,17,18). The van der Waals surface area contributed by atoms with Crippen molar-refractivity contribution < 1.29 is 9.18 Å². The molecule has 1 amide bonds. The van der Waals surface area contributed by atoms with Crippen molar-refractivity contribution in [3.05, 3.63) is 45.4 Å². The van der Waals surface area contributed by atoms with Gasteiger partial charge in [0.1, 0.15) is 5.82 Å². The van der Waals surface area contributed by atoms with Crippen LogP contribution < -0.4 is 10.6 Å². The van der Waals surface area contributed by atoms with Gasteiger partial charge >= 0.3 is 0 Å². The van der Waals surface area contributed by atoms with Crippen molar-refractivity contribution in [2.45, 2.75) is 13.5 Å². The molecular weight excluding hydrogens is 287 g/mol. The van der Waals surface area contributed by atoms with Crippen LogP contribution in [0.5, 0.6) is 0 Å². The Morgan fingerprint density at radius 3 is 2.84 bits per heavy atom. The maximum Gasteiger partial charge on any atom is 0.221 e. The molecule has 3 nitrogen and oxygen atoms in total. The first-order chi connectivity index (χ1) is 9.04. The van der Waals surface area contributed by atoms with Gasteiger partial charge in [0, 0.05) is 29.4 Å². The molecule has 0 bridgehead atoms. The zero-order valence-corrected chi connectivity index (χ0v) is 11.7. The van der Waals surface area contributed by atoms with Crippen LogP contribution in [-0.4, -0.2) is 5.91 Å². The Morgan fingerprint density at radius 1 is 1.42 bits per heavy atom. The predicted molar refractivity (Wildman–Crippen MR) is 77.4 cm³/mol. The normalized spacial score (nSPS) is 10.3. The molecule has 1 aromatic heterocycles. The van der Waals surface area contributed by atoms with Gasteiger partial charge in [0.15, 0.2) is 0 Å². The van der Waals surface area contributed by atoms with Gasteiger partial charge < -0.3 is 10.6 Å². The van der Waals surface area contributed by atoms with Crippen molar-refractivity contribution in [3.63, 3.8) is 0 Å². The van der Waals surface area contributed by atoms with Gasteiger partial charge in [-0.15, -0.1) is 11.3 Å². The van der Waals surface area contributed by atoms with Crippen LogP contribution in [0.4, 0.5) is 15.8 Å². The Labute approximate surface area is 119 Å². The van der Waals surface area contributed by atoms with Crippen LogP contribution in [0.2, 0.25) is 5.02 Å². The van der Waals surface area contributed by atoms with Crippen LogP contribution in [0.25, 0.3) is 0 Å². The number of rotatable bonds is 4. The van der Waals surface area contributed by atoms with Crippen LogP contribution in [0, 0.1) is 5.82 Å². The third kappa shape index (κ3) is 3.94. The third-order valence-corrected chi connectivity index (χ3v) is 3.65. The van der Waals surface area contributed by atoms with Crippen molar-refractivity contribution in [2.75, 3.05) is 10.6 Å². The number of carbonyl (C=O) groups is 1. The highest BCUT2D eigenvalue weighted by Crippen LogP contribution is 2.23. The molecule has 0 saturated heterocycles. The fourth-order valence-electron chi connectivity index (χ4n) is 1.57. The van der Waals surface area contributed by atoms with E-state index in [9.17, 15) is 9.18 Å². The van der Waals surface area contributed by atoms with Crippen molar-refractivity contribution in [2.24, 2.45) is 0 Å². The minimum atomic E-state index is -0.364. The van der Waals surface area contributed by atoms with Gasteiger partial charge in [-0.1, -0.05) is 11.6 Å². The predicted octanol–water partition coefficient (Wildman–Crippen LogP) is 4.11. The summed E-state index contributed by atoms with van der Waals surface area (Å²) in [7, 11) is 0. The number of hydrogen-bond acceptors (Lipinski definition) is 3. The van der Waals surface area contributed by atoms with Crippen molar-refractivity contribution in [1.82, 2.24) is 0 Å². The second-order valence-corrected chi connectivity index (χ2v) is 5.39. The SMILES string of the molecule is CC(=O)Nc1ccc(F)c(NCc2cc(Cl)cs2)c1. The Morgan fingerprint density at radius 2 is 2.21 bits per heavy atom. The molecule has 19 heavy (non-hydrogen) atoms. The van der Waals surface area contributed by atoms with Gasteiger partial charge in [-0.2, -0.15) is 0 Å². The van der Waals surface area contributed by atoms with E-state index in [4.69, 9.17) is 11.6 Å². The average Bonchev–Trinajstić information content (AvgIpc) is 2.75. The van der Waals surface area contributed by atoms with E-state index in [-0.39, 0.29) is 11.7 Å². The third-order valence-electron chi connectivity index (χ3n) is 2.36. The summed E-state index contributed by atoms with van der Waals surface area (Å²) in [6.07, 6.45) is 0. The first-order valence-electron chi connectivity index (χ1n) is 5.58. The van der Waals surface area contributed by atoms with E-state index in [1.807, 2.05) is 11.4 Å². The zero-order valence-electron chi connectivity index (χ0n) is 10.2. The molecule has 0 unspecified atom stereocenters. The number of carbonyl (C=O) groups excluding carboxylic acids is 1. The minimum absolute atomic E-state index is 0.192. The molecule has 0 fully saturated rings. The van der Waals surface area contributed by atoms with Gasteiger partial charge in [-0.3, -0.25) is 4.79 Å². The lowest BCUT2D eigenvalue weighted by atomic mass is 10.2. The average molecular weight is 299 g/mol. The fraction of sp³-hybridized carbons (Fsp3) is 0.154. The fourth-order valence-corrected chi connectivity index (χ4v) is 2.58. The van der Waals surface area contributed by atoms with Gasteiger partial charge in [-0.05, 0) is 24.3 Å². The van der Waals surface area contributed by atoms with Gasteiger partial charge in [0.2, 0.25) is 5.91 Å². The lowest BCUT2D eigenvalue weighted by Crippen LogP contribution is -2.07. The number of thiophene rings is 1. The maximum absolute atomic E-state index is 13.6. The molecule has 0 aliphatic heterocycles. The van der Waals surface area contributed by atoms with Gasteiger partial charge in [0.25, 0.3) is 0 Å². The van der Waals surface area contributed by atoms with Crippen molar-refractivity contribution in [3.8, 4) is 0 Å². The molecule has 1 heterocycles. The van der Waals surface area contributed by atoms with E-state index < -0.39 is 0 Å². The van der Waals surface area contributed by atoms with Crippen LogP contribution in [0.3, 0.4) is 0 Å². The summed E-state index contributed by atoms with van der Waals surface area (Å²) in [5, 5.41) is 8.09. The summed E-state index contributed by atoms with van der Waals surface area (Å²) in [5.74, 6) is -0.556. The van der Waals surface area contributed by atoms with E-state index in [0.717, 1.165) is 4.88 Å². The van der Waals surface area contributed by atoms with E-state index >= 15 is 0 Å². The number of anilines is 2. The quantitative estimate of drug-likeness (QED) is 0.892. The Bertz CT molecular complexity index is 600. The second-order valence-electron chi connectivity index (χ2n) is 3.96. The van der Waals surface area contributed by atoms with E-state index in [1.54, 1.807) is 6.07 Å². The number of halogens is 2. The largest absolute Gasteiger partial charge is 0.378 e. The monoisotopic (exact) mass is 298 g/mol. The molecule has 0 radical (unpaired) electrons. The van der Waals surface area contributed by atoms with Crippen LogP contribution >= 0.6 is 22.9 Å². The molecule has 0 atom stereocenters. The minimum Gasteiger partial charge on any atom is -0.378 e. The molecule has 2 aromatic rings. The molecule has 2 N–H and O–H groups in total. The zero-order chi connectivity index (χ0) is 13.8. The summed E-state index contributed by atoms with van der Waals surface area (Å²) in [4.78, 5) is 12.0. The molecular formula is C13H12ClFN2OS. The van der Waals surface area contributed by atoms with E-state index in [2.05, 4.69) is 10.6 Å². The Kier molecular flexibility index (Phi) is 4.39. The topological polar surface area (TPSA) is 41.1 Å². The first-order valence-corrected chi connectivity index (χ1v) is 6.84. The first kappa shape index (κ1) is 13.8. The smallest absolute Gasteiger partial charge is 0.221 e. The van der Waals surface area contributed by atoms with Crippen LogP contribution in [0.15, 0.2) is 29.6 Å². The molecule has 0 saturated carbocycles. The molecule has 0 spiro atoms. The maximum atomic E-state index is 13.6. The summed E-state index contributed by atoms with van der Waals surface area (Å²) < 4.78 is 13.6. The van der Waals surface area contributed by atoms with Gasteiger partial charge in [0.05, 0.1) is 10.7 Å². The van der Waals surface area contributed by atoms with Gasteiger partial charge in [-0.25, -0.2) is 4.39 Å². The van der Waals surface area contributed by atoms with Crippen LogP contribution in [0.1, 0.15) is 11.8 Å². The van der Waals surface area contributed by atoms with Crippen molar-refractivity contribution >= 4 is 40.2 Å². The van der Waals surface area contributed by atoms with Crippen molar-refractivity contribution in [1.29, 1.82) is 0 Å². The lowest BCUT2D eigenvalue weighted by molar-refractivity contribution is -0.114. The molecule has 0 aliphatic rings. The summed E-state index contributed by atoms with van der Waals surface area (Å²) in [5.41, 5.74) is 0.899. The highest BCUT2D eigenvalue weighted by atomic mass is 35.5. The summed E-state index contributed by atoms with van der Waals surface area (Å²) in [6, 6.07) is 6.22. The molecule has 2 rings (SSSR count). The molecule has 0 aliphatic carbocycles. The summed E-state index contributed by atoms with van der Waals surface area (Å²) >= 11 is 7.32. The molecule has 100 valence electrons. The Hall–Kier alpha value is -1.59. The number of benzene rings is 1. The number of nitrogens with one attached hydrogen (secondary N) is 2. The lowest BCUT2D eigenvalue weighted by Gasteiger charge is -2.09. The van der Waals surface area contributed by atoms with E-state index in [0.29, 0.717) is 22.9 Å². The molecule has 1 aromatic carbocycles. The Balaban J connectivity index is 2.08. The van der Waals surface area contributed by atoms with E-state index in [1.165, 1.54) is 30.4 Å². The van der Waals surface area contributed by atoms with Crippen LogP contribution in [-0.2, 0) is 11.3 Å². The summed E-state index contributed by atoms with van der Waals surface area (Å²) in [6.45, 7) is 1.89. The highest BCUT2D eigenvalue weighted by Gasteiger charge is 2.05. The highest BCUT2D eigenvalue weighted by molar-refractivity contribution is 7.10. The second kappa shape index (κ2) is 6.04.